The molecule has 0 saturated carbocycles. The van der Waals surface area contributed by atoms with E-state index in [0.717, 1.165) is 6.08 Å². The van der Waals surface area contributed by atoms with Crippen molar-refractivity contribution in [2.75, 3.05) is 0 Å². The van der Waals surface area contributed by atoms with Crippen molar-refractivity contribution in [2.24, 2.45) is 0 Å². The van der Waals surface area contributed by atoms with Crippen molar-refractivity contribution in [3.63, 3.8) is 0 Å². The van der Waals surface area contributed by atoms with Gasteiger partial charge in [0.25, 0.3) is 0 Å². The van der Waals surface area contributed by atoms with Gasteiger partial charge in [0.1, 0.15) is 11.9 Å². The molecule has 1 heterocycles. The van der Waals surface area contributed by atoms with Gasteiger partial charge in [-0.25, -0.2) is 4.79 Å². The highest BCUT2D eigenvalue weighted by atomic mass is 16.5. The van der Waals surface area contributed by atoms with Crippen LogP contribution in [0.4, 0.5) is 0 Å². The van der Waals surface area contributed by atoms with Crippen molar-refractivity contribution in [2.45, 2.75) is 32.3 Å². The van der Waals surface area contributed by atoms with Gasteiger partial charge in [0.15, 0.2) is 0 Å². The summed E-state index contributed by atoms with van der Waals surface area (Å²) in [4.78, 5) is 22.4. The Morgan fingerprint density at radius 1 is 1.19 bits per heavy atom. The first-order valence-electron chi connectivity index (χ1n) is 8.17. The predicted octanol–water partition coefficient (Wildman–Crippen LogP) is 2.40. The average Bonchev–Trinajstić information content (AvgIpc) is 2.86. The van der Waals surface area contributed by atoms with E-state index >= 15 is 0 Å². The lowest BCUT2D eigenvalue weighted by atomic mass is 9.92. The number of aromatic hydroxyl groups is 2. The monoisotopic (exact) mass is 357 g/mol. The molecule has 0 radical (unpaired) electrons. The first-order valence-corrected chi connectivity index (χ1v) is 8.17. The minimum Gasteiger partial charge on any atom is -0.494 e. The fourth-order valence-corrected chi connectivity index (χ4v) is 3.14. The quantitative estimate of drug-likeness (QED) is 0.495. The zero-order valence-corrected chi connectivity index (χ0v) is 14.3. The molecule has 0 aliphatic heterocycles. The van der Waals surface area contributed by atoms with Crippen molar-refractivity contribution >= 4 is 11.9 Å². The normalized spacial score (nSPS) is 15.8. The molecule has 7 heteroatoms. The van der Waals surface area contributed by atoms with Crippen LogP contribution in [0.2, 0.25) is 0 Å². The summed E-state index contributed by atoms with van der Waals surface area (Å²) in [6, 6.07) is 6.39. The van der Waals surface area contributed by atoms with Crippen LogP contribution in [0.15, 0.2) is 36.9 Å². The molecule has 1 aromatic heterocycles. The summed E-state index contributed by atoms with van der Waals surface area (Å²) >= 11 is 0. The molecule has 1 unspecified atom stereocenters. The largest absolute Gasteiger partial charge is 0.494 e. The molecular formula is C19H19NO6. The van der Waals surface area contributed by atoms with E-state index in [1.165, 1.54) is 11.5 Å². The fraction of sp³-hybridized carbons (Fsp3) is 0.263. The van der Waals surface area contributed by atoms with Crippen molar-refractivity contribution in [1.29, 1.82) is 0 Å². The van der Waals surface area contributed by atoms with Crippen LogP contribution in [0.25, 0.3) is 5.69 Å². The molecule has 0 fully saturated rings. The Hall–Kier alpha value is -3.22. The molecule has 2 aromatic rings. The molecule has 1 aliphatic rings. The first-order chi connectivity index (χ1) is 12.4. The van der Waals surface area contributed by atoms with Crippen molar-refractivity contribution in [3.8, 4) is 23.2 Å². The van der Waals surface area contributed by atoms with E-state index in [4.69, 9.17) is 9.47 Å². The summed E-state index contributed by atoms with van der Waals surface area (Å²) in [5.41, 5.74) is 1.71. The number of aromatic nitrogens is 1. The van der Waals surface area contributed by atoms with Gasteiger partial charge in [-0.05, 0) is 37.1 Å². The summed E-state index contributed by atoms with van der Waals surface area (Å²) in [5.74, 6) is -0.723. The minimum atomic E-state index is -0.511. The van der Waals surface area contributed by atoms with Gasteiger partial charge in [-0.2, -0.15) is 0 Å². The zero-order valence-electron chi connectivity index (χ0n) is 14.3. The lowest BCUT2D eigenvalue weighted by molar-refractivity contribution is -0.143. The molecule has 0 spiro atoms. The molecule has 2 N–H and O–H groups in total. The minimum absolute atomic E-state index is 0.0498. The number of hydrogen-bond acceptors (Lipinski definition) is 6. The average molecular weight is 357 g/mol. The fourth-order valence-electron chi connectivity index (χ4n) is 3.14. The van der Waals surface area contributed by atoms with Gasteiger partial charge in [0.2, 0.25) is 11.8 Å². The summed E-state index contributed by atoms with van der Waals surface area (Å²) in [6.45, 7) is 4.68. The molecule has 1 aliphatic carbocycles. The smallest absolute Gasteiger partial charge is 0.330 e. The molecule has 0 amide bonds. The molecule has 1 aromatic carbocycles. The summed E-state index contributed by atoms with van der Waals surface area (Å²) in [6.07, 6.45) is 2.06. The van der Waals surface area contributed by atoms with Gasteiger partial charge in [-0.1, -0.05) is 6.58 Å². The summed E-state index contributed by atoms with van der Waals surface area (Å²) < 4.78 is 11.6. The Morgan fingerprint density at radius 2 is 1.85 bits per heavy atom. The first kappa shape index (κ1) is 17.6. The van der Waals surface area contributed by atoms with E-state index in [1.54, 1.807) is 24.3 Å². The summed E-state index contributed by atoms with van der Waals surface area (Å²) in [7, 11) is 0. The van der Waals surface area contributed by atoms with Gasteiger partial charge in [0.05, 0.1) is 5.69 Å². The van der Waals surface area contributed by atoms with Crippen molar-refractivity contribution in [3.05, 3.63) is 48.0 Å². The Labute approximate surface area is 150 Å². The molecule has 3 rings (SSSR count). The van der Waals surface area contributed by atoms with Crippen LogP contribution < -0.4 is 4.74 Å². The third-order valence-electron chi connectivity index (χ3n) is 4.28. The number of ether oxygens (including phenoxy) is 2. The van der Waals surface area contributed by atoms with Crippen LogP contribution in [-0.2, 0) is 27.2 Å². The number of fused-ring (bicyclic) bond motifs is 1. The highest BCUT2D eigenvalue weighted by Gasteiger charge is 2.31. The van der Waals surface area contributed by atoms with Crippen molar-refractivity contribution < 1.29 is 29.3 Å². The third-order valence-corrected chi connectivity index (χ3v) is 4.28. The molecule has 7 nitrogen and oxygen atoms in total. The second kappa shape index (κ2) is 6.95. The Kier molecular flexibility index (Phi) is 4.71. The van der Waals surface area contributed by atoms with Crippen molar-refractivity contribution in [1.82, 2.24) is 4.57 Å². The van der Waals surface area contributed by atoms with Crippen LogP contribution in [0.3, 0.4) is 0 Å². The van der Waals surface area contributed by atoms with Gasteiger partial charge in [0, 0.05) is 30.5 Å². The number of carbonyl (C=O) groups is 2. The second-order valence-corrected chi connectivity index (χ2v) is 6.03. The zero-order chi connectivity index (χ0) is 18.8. The van der Waals surface area contributed by atoms with Gasteiger partial charge in [-0.15, -0.1) is 0 Å². The third kappa shape index (κ3) is 3.28. The molecule has 136 valence electrons. The topological polar surface area (TPSA) is 98.0 Å². The van der Waals surface area contributed by atoms with E-state index in [2.05, 4.69) is 6.58 Å². The highest BCUT2D eigenvalue weighted by molar-refractivity contribution is 5.81. The van der Waals surface area contributed by atoms with E-state index in [9.17, 15) is 19.8 Å². The Balaban J connectivity index is 1.90. The SMILES string of the molecule is C=CC(=O)OC1CCc2c(c(O)n(-c3ccc(OC(C)=O)cc3)c2O)C1. The van der Waals surface area contributed by atoms with E-state index in [0.29, 0.717) is 41.8 Å². The Morgan fingerprint density at radius 3 is 2.46 bits per heavy atom. The second-order valence-electron chi connectivity index (χ2n) is 6.03. The predicted molar refractivity (Wildman–Crippen MR) is 92.5 cm³/mol. The maximum atomic E-state index is 11.4. The van der Waals surface area contributed by atoms with Gasteiger partial charge < -0.3 is 19.7 Å². The molecule has 0 saturated heterocycles. The lowest BCUT2D eigenvalue weighted by Crippen LogP contribution is -2.24. The summed E-state index contributed by atoms with van der Waals surface area (Å²) in [5, 5.41) is 21.1. The number of rotatable bonds is 4. The number of hydrogen-bond donors (Lipinski definition) is 2. The van der Waals surface area contributed by atoms with Crippen LogP contribution in [0.1, 0.15) is 24.5 Å². The molecule has 0 bridgehead atoms. The standard InChI is InChI=1S/C19H19NO6/c1-3-17(22)26-14-8-9-15-16(10-14)19(24)20(18(15)23)12-4-6-13(7-5-12)25-11(2)21/h3-7,14,23-24H,1,8-10H2,2H3. The highest BCUT2D eigenvalue weighted by Crippen LogP contribution is 2.41. The van der Waals surface area contributed by atoms with E-state index in [-0.39, 0.29) is 17.9 Å². The van der Waals surface area contributed by atoms with E-state index < -0.39 is 11.9 Å². The maximum Gasteiger partial charge on any atom is 0.330 e. The number of benzene rings is 1. The Bertz CT molecular complexity index is 865. The molecular weight excluding hydrogens is 338 g/mol. The maximum absolute atomic E-state index is 11.4. The van der Waals surface area contributed by atoms with Gasteiger partial charge >= 0.3 is 11.9 Å². The van der Waals surface area contributed by atoms with Crippen LogP contribution in [-0.4, -0.2) is 32.8 Å². The molecule has 26 heavy (non-hydrogen) atoms. The lowest BCUT2D eigenvalue weighted by Gasteiger charge is -2.21. The van der Waals surface area contributed by atoms with Crippen LogP contribution in [0, 0.1) is 0 Å². The van der Waals surface area contributed by atoms with E-state index in [1.807, 2.05) is 0 Å². The number of nitrogens with zero attached hydrogens (tertiary/aromatic N) is 1. The number of esters is 2. The van der Waals surface area contributed by atoms with Crippen LogP contribution >= 0.6 is 0 Å². The number of carbonyl (C=O) groups excluding carboxylic acids is 2. The van der Waals surface area contributed by atoms with Gasteiger partial charge in [-0.3, -0.25) is 9.36 Å². The molecule has 1 atom stereocenters. The van der Waals surface area contributed by atoms with Crippen LogP contribution in [0.5, 0.6) is 17.5 Å².